The van der Waals surface area contributed by atoms with Gasteiger partial charge in [0.05, 0.1) is 34.1 Å². The molecule has 0 spiro atoms. The molecule has 39 heavy (non-hydrogen) atoms. The molecule has 0 heterocycles. The van der Waals surface area contributed by atoms with Crippen LogP contribution in [-0.4, -0.2) is 14.1 Å². The van der Waals surface area contributed by atoms with Crippen molar-refractivity contribution in [1.29, 1.82) is 0 Å². The van der Waals surface area contributed by atoms with Crippen molar-refractivity contribution in [2.75, 3.05) is 30.5 Å². The van der Waals surface area contributed by atoms with Crippen LogP contribution in [0.25, 0.3) is 10.8 Å². The van der Waals surface area contributed by atoms with Crippen molar-refractivity contribution in [2.24, 2.45) is 30.7 Å². The van der Waals surface area contributed by atoms with E-state index in [1.54, 1.807) is 12.1 Å². The fraction of sp³-hybridized carbons (Fsp3) is 0.0667. The highest BCUT2D eigenvalue weighted by molar-refractivity contribution is 5.99. The zero-order chi connectivity index (χ0) is 27.2. The SMILES string of the molecule is CN(C)c1cccc(N=Nc2ccc(N=Nc3cc(N=Nc4ccccc4)c(N)cc3N)c3ccccc23)c1. The second kappa shape index (κ2) is 11.3. The summed E-state index contributed by atoms with van der Waals surface area (Å²) >= 11 is 0. The number of fused-ring (bicyclic) bond motifs is 1. The molecule has 0 saturated heterocycles. The molecular weight excluding hydrogens is 486 g/mol. The highest BCUT2D eigenvalue weighted by Crippen LogP contribution is 2.38. The van der Waals surface area contributed by atoms with E-state index in [4.69, 9.17) is 11.5 Å². The summed E-state index contributed by atoms with van der Waals surface area (Å²) < 4.78 is 0. The minimum atomic E-state index is 0.393. The lowest BCUT2D eigenvalue weighted by Crippen LogP contribution is -2.07. The van der Waals surface area contributed by atoms with Gasteiger partial charge in [-0.05, 0) is 54.6 Å². The van der Waals surface area contributed by atoms with Gasteiger partial charge in [-0.2, -0.15) is 10.2 Å². The molecule has 9 nitrogen and oxygen atoms in total. The van der Waals surface area contributed by atoms with Crippen LogP contribution in [-0.2, 0) is 0 Å². The van der Waals surface area contributed by atoms with Gasteiger partial charge in [0, 0.05) is 30.6 Å². The summed E-state index contributed by atoms with van der Waals surface area (Å²) in [7, 11) is 3.98. The first-order chi connectivity index (χ1) is 19.0. The number of benzene rings is 5. The molecule has 5 rings (SSSR count). The van der Waals surface area contributed by atoms with Gasteiger partial charge in [0.2, 0.25) is 0 Å². The number of hydrogen-bond acceptors (Lipinski definition) is 9. The molecule has 0 bridgehead atoms. The average molecular weight is 514 g/mol. The van der Waals surface area contributed by atoms with Crippen LogP contribution < -0.4 is 16.4 Å². The maximum absolute atomic E-state index is 6.19. The largest absolute Gasteiger partial charge is 0.397 e. The van der Waals surface area contributed by atoms with Gasteiger partial charge >= 0.3 is 0 Å². The Labute approximate surface area is 226 Å². The van der Waals surface area contributed by atoms with E-state index in [-0.39, 0.29) is 0 Å². The molecule has 5 aromatic carbocycles. The third-order valence-corrected chi connectivity index (χ3v) is 5.97. The van der Waals surface area contributed by atoms with E-state index < -0.39 is 0 Å². The van der Waals surface area contributed by atoms with E-state index in [0.717, 1.165) is 27.8 Å². The van der Waals surface area contributed by atoms with Crippen LogP contribution in [0.1, 0.15) is 0 Å². The number of azo groups is 3. The molecule has 5 aromatic rings. The van der Waals surface area contributed by atoms with E-state index in [2.05, 4.69) is 30.7 Å². The van der Waals surface area contributed by atoms with Gasteiger partial charge in [-0.15, -0.1) is 20.5 Å². The van der Waals surface area contributed by atoms with Gasteiger partial charge in [-0.25, -0.2) is 0 Å². The molecule has 0 aromatic heterocycles. The molecule has 0 atom stereocenters. The lowest BCUT2D eigenvalue weighted by Gasteiger charge is -2.11. The Morgan fingerprint density at radius 1 is 0.462 bits per heavy atom. The number of anilines is 3. The van der Waals surface area contributed by atoms with Crippen molar-refractivity contribution in [1.82, 2.24) is 0 Å². The number of hydrogen-bond donors (Lipinski definition) is 2. The van der Waals surface area contributed by atoms with Crippen LogP contribution in [0.5, 0.6) is 0 Å². The first kappa shape index (κ1) is 25.2. The summed E-state index contributed by atoms with van der Waals surface area (Å²) in [6.45, 7) is 0. The lowest BCUT2D eigenvalue weighted by atomic mass is 10.1. The molecule has 0 amide bonds. The van der Waals surface area contributed by atoms with Crippen LogP contribution in [0.3, 0.4) is 0 Å². The maximum Gasteiger partial charge on any atom is 0.111 e. The summed E-state index contributed by atoms with van der Waals surface area (Å²) in [5, 5.41) is 28.2. The van der Waals surface area contributed by atoms with Crippen molar-refractivity contribution >= 4 is 62.0 Å². The fourth-order valence-electron chi connectivity index (χ4n) is 3.89. The van der Waals surface area contributed by atoms with Gasteiger partial charge in [0.15, 0.2) is 0 Å². The molecular formula is C30H27N9. The summed E-state index contributed by atoms with van der Waals surface area (Å²) in [6, 6.07) is 32.2. The molecule has 0 aliphatic rings. The van der Waals surface area contributed by atoms with Crippen molar-refractivity contribution in [3.8, 4) is 0 Å². The normalized spacial score (nSPS) is 11.7. The van der Waals surface area contributed by atoms with Crippen molar-refractivity contribution in [3.05, 3.63) is 103 Å². The standard InChI is InChI=1S/C30H27N9/c1-39(2)22-12-8-11-21(17-22)34-35-27-15-16-28(24-14-7-6-13-23(24)27)36-38-30-19-29(25(31)18-26(30)32)37-33-20-9-4-3-5-10-20/h3-19H,31-32H2,1-2H3. The van der Waals surface area contributed by atoms with Crippen molar-refractivity contribution in [3.63, 3.8) is 0 Å². The first-order valence-corrected chi connectivity index (χ1v) is 12.3. The van der Waals surface area contributed by atoms with Gasteiger partial charge < -0.3 is 16.4 Å². The van der Waals surface area contributed by atoms with Gasteiger partial charge in [-0.3, -0.25) is 0 Å². The number of nitrogen functional groups attached to an aromatic ring is 2. The topological polar surface area (TPSA) is 129 Å². The second-order valence-corrected chi connectivity index (χ2v) is 8.97. The number of nitrogens with two attached hydrogens (primary N) is 2. The second-order valence-electron chi connectivity index (χ2n) is 8.97. The van der Waals surface area contributed by atoms with E-state index in [1.165, 1.54) is 0 Å². The minimum absolute atomic E-state index is 0.393. The molecule has 9 heteroatoms. The first-order valence-electron chi connectivity index (χ1n) is 12.3. The zero-order valence-corrected chi connectivity index (χ0v) is 21.6. The Hall–Kier alpha value is -5.44. The molecule has 0 unspecified atom stereocenters. The Balaban J connectivity index is 1.45. The average Bonchev–Trinajstić information content (AvgIpc) is 2.96. The molecule has 0 radical (unpaired) electrons. The molecule has 0 aliphatic heterocycles. The summed E-state index contributed by atoms with van der Waals surface area (Å²) in [5.74, 6) is 0. The fourth-order valence-corrected chi connectivity index (χ4v) is 3.89. The van der Waals surface area contributed by atoms with E-state index in [1.807, 2.05) is 110 Å². The molecule has 192 valence electrons. The Morgan fingerprint density at radius 3 is 1.62 bits per heavy atom. The lowest BCUT2D eigenvalue weighted by molar-refractivity contribution is 1.13. The molecule has 0 fully saturated rings. The van der Waals surface area contributed by atoms with Gasteiger partial charge in [-0.1, -0.05) is 48.5 Å². The van der Waals surface area contributed by atoms with E-state index >= 15 is 0 Å². The maximum atomic E-state index is 6.19. The van der Waals surface area contributed by atoms with Crippen LogP contribution >= 0.6 is 0 Å². The van der Waals surface area contributed by atoms with Crippen LogP contribution in [0.15, 0.2) is 134 Å². The quantitative estimate of drug-likeness (QED) is 0.166. The predicted molar refractivity (Wildman–Crippen MR) is 159 cm³/mol. The third kappa shape index (κ3) is 5.94. The number of rotatable bonds is 7. The summed E-state index contributed by atoms with van der Waals surface area (Å²) in [5.41, 5.74) is 17.9. The molecule has 4 N–H and O–H groups in total. The monoisotopic (exact) mass is 513 g/mol. The minimum Gasteiger partial charge on any atom is -0.397 e. The van der Waals surface area contributed by atoms with Crippen molar-refractivity contribution < 1.29 is 0 Å². The van der Waals surface area contributed by atoms with Gasteiger partial charge in [0.25, 0.3) is 0 Å². The highest BCUT2D eigenvalue weighted by atomic mass is 15.1. The van der Waals surface area contributed by atoms with E-state index in [9.17, 15) is 0 Å². The van der Waals surface area contributed by atoms with Crippen molar-refractivity contribution in [2.45, 2.75) is 0 Å². The molecule has 0 saturated carbocycles. The third-order valence-electron chi connectivity index (χ3n) is 5.97. The van der Waals surface area contributed by atoms with Gasteiger partial charge in [0.1, 0.15) is 11.4 Å². The van der Waals surface area contributed by atoms with Crippen LogP contribution in [0.4, 0.5) is 51.2 Å². The Bertz CT molecular complexity index is 1710. The van der Waals surface area contributed by atoms with Crippen LogP contribution in [0, 0.1) is 0 Å². The number of nitrogens with zero attached hydrogens (tertiary/aromatic N) is 7. The highest BCUT2D eigenvalue weighted by Gasteiger charge is 2.08. The molecule has 0 aliphatic carbocycles. The summed E-state index contributed by atoms with van der Waals surface area (Å²) in [4.78, 5) is 2.02. The smallest absolute Gasteiger partial charge is 0.111 e. The Kier molecular flexibility index (Phi) is 7.31. The Morgan fingerprint density at radius 2 is 0.974 bits per heavy atom. The summed E-state index contributed by atoms with van der Waals surface area (Å²) in [6.07, 6.45) is 0. The predicted octanol–water partition coefficient (Wildman–Crippen LogP) is 9.32. The zero-order valence-electron chi connectivity index (χ0n) is 21.6. The van der Waals surface area contributed by atoms with Crippen LogP contribution in [0.2, 0.25) is 0 Å². The van der Waals surface area contributed by atoms with E-state index in [0.29, 0.717) is 34.1 Å².